The van der Waals surface area contributed by atoms with Gasteiger partial charge in [-0.1, -0.05) is 11.6 Å². The van der Waals surface area contributed by atoms with Crippen LogP contribution < -0.4 is 20.9 Å². The number of amides is 3. The third-order valence-corrected chi connectivity index (χ3v) is 3.75. The number of hydrogen-bond acceptors (Lipinski definition) is 4. The molecule has 0 radical (unpaired) electrons. The molecule has 1 aromatic carbocycles. The highest BCUT2D eigenvalue weighted by atomic mass is 35.5. The third kappa shape index (κ3) is 5.52. The summed E-state index contributed by atoms with van der Waals surface area (Å²) in [6.07, 6.45) is 0. The van der Waals surface area contributed by atoms with Crippen molar-refractivity contribution < 1.29 is 14.3 Å². The van der Waals surface area contributed by atoms with Crippen LogP contribution in [0.2, 0.25) is 5.02 Å². The quantitative estimate of drug-likeness (QED) is 0.596. The van der Waals surface area contributed by atoms with Crippen molar-refractivity contribution in [3.05, 3.63) is 28.8 Å². The summed E-state index contributed by atoms with van der Waals surface area (Å²) in [7, 11) is 1.64. The molecule has 3 N–H and O–H groups in total. The van der Waals surface area contributed by atoms with Gasteiger partial charge in [-0.15, -0.1) is 12.4 Å². The molecule has 134 valence electrons. The standard InChI is InChI=1S/C15H21ClN4O3.ClH/c1-23-9-7-17-4-5-18-14(21)11-2-3-12(16)13(10-11)20-8-6-19-15(20)22;/h2-3,10,17H,4-9H2,1H3,(H,18,21)(H,19,22);1H. The van der Waals surface area contributed by atoms with Crippen LogP contribution in [-0.2, 0) is 4.74 Å². The molecular weight excluding hydrogens is 355 g/mol. The Bertz CT molecular complexity index is 572. The van der Waals surface area contributed by atoms with Crippen molar-refractivity contribution in [2.45, 2.75) is 0 Å². The molecule has 2 rings (SSSR count). The van der Waals surface area contributed by atoms with E-state index < -0.39 is 0 Å². The molecule has 0 unspecified atom stereocenters. The Morgan fingerprint density at radius 3 is 2.83 bits per heavy atom. The first-order chi connectivity index (χ1) is 11.1. The van der Waals surface area contributed by atoms with Gasteiger partial charge in [0, 0.05) is 45.4 Å². The molecule has 0 atom stereocenters. The van der Waals surface area contributed by atoms with Gasteiger partial charge in [-0.05, 0) is 18.2 Å². The predicted octanol–water partition coefficient (Wildman–Crippen LogP) is 1.26. The molecule has 1 aliphatic heterocycles. The SMILES string of the molecule is COCCNCCNC(=O)c1ccc(Cl)c(N2CCNC2=O)c1.Cl. The van der Waals surface area contributed by atoms with Crippen molar-refractivity contribution in [2.24, 2.45) is 0 Å². The van der Waals surface area contributed by atoms with Crippen LogP contribution in [0.25, 0.3) is 0 Å². The van der Waals surface area contributed by atoms with Crippen molar-refractivity contribution in [1.82, 2.24) is 16.0 Å². The first-order valence-corrected chi connectivity index (χ1v) is 7.84. The second-order valence-corrected chi connectivity index (χ2v) is 5.46. The molecule has 0 saturated carbocycles. The summed E-state index contributed by atoms with van der Waals surface area (Å²) in [5.41, 5.74) is 1.02. The van der Waals surface area contributed by atoms with Crippen LogP contribution in [0.5, 0.6) is 0 Å². The second-order valence-electron chi connectivity index (χ2n) is 5.05. The zero-order valence-corrected chi connectivity index (χ0v) is 15.0. The fraction of sp³-hybridized carbons (Fsp3) is 0.467. The van der Waals surface area contributed by atoms with E-state index in [1.807, 2.05) is 0 Å². The van der Waals surface area contributed by atoms with Crippen molar-refractivity contribution in [1.29, 1.82) is 0 Å². The third-order valence-electron chi connectivity index (χ3n) is 3.43. The average Bonchev–Trinajstić information content (AvgIpc) is 2.97. The summed E-state index contributed by atoms with van der Waals surface area (Å²) in [6, 6.07) is 4.72. The number of urea groups is 1. The number of anilines is 1. The van der Waals surface area contributed by atoms with Gasteiger partial charge in [-0.25, -0.2) is 4.79 Å². The molecule has 0 aromatic heterocycles. The van der Waals surface area contributed by atoms with E-state index in [0.717, 1.165) is 6.54 Å². The zero-order chi connectivity index (χ0) is 16.7. The Morgan fingerprint density at radius 2 is 2.17 bits per heavy atom. The molecule has 7 nitrogen and oxygen atoms in total. The molecule has 1 aromatic rings. The summed E-state index contributed by atoms with van der Waals surface area (Å²) in [4.78, 5) is 25.4. The highest BCUT2D eigenvalue weighted by molar-refractivity contribution is 6.34. The highest BCUT2D eigenvalue weighted by Gasteiger charge is 2.24. The number of nitrogens with one attached hydrogen (secondary N) is 3. The number of nitrogens with zero attached hydrogens (tertiary/aromatic N) is 1. The lowest BCUT2D eigenvalue weighted by Crippen LogP contribution is -2.33. The number of carbonyl (C=O) groups is 2. The Hall–Kier alpha value is -1.54. The Balaban J connectivity index is 0.00000288. The van der Waals surface area contributed by atoms with E-state index in [-0.39, 0.29) is 24.3 Å². The number of rotatable bonds is 8. The molecule has 0 spiro atoms. The molecule has 1 heterocycles. The van der Waals surface area contributed by atoms with Crippen molar-refractivity contribution >= 4 is 41.6 Å². The zero-order valence-electron chi connectivity index (χ0n) is 13.4. The summed E-state index contributed by atoms with van der Waals surface area (Å²) in [5, 5.41) is 9.12. The number of benzene rings is 1. The van der Waals surface area contributed by atoms with E-state index in [9.17, 15) is 9.59 Å². The lowest BCUT2D eigenvalue weighted by Gasteiger charge is -2.17. The smallest absolute Gasteiger partial charge is 0.322 e. The van der Waals surface area contributed by atoms with Crippen molar-refractivity contribution in [2.75, 3.05) is 51.3 Å². The molecule has 1 fully saturated rings. The molecule has 24 heavy (non-hydrogen) atoms. The molecule has 1 saturated heterocycles. The average molecular weight is 377 g/mol. The lowest BCUT2D eigenvalue weighted by molar-refractivity contribution is 0.0953. The van der Waals surface area contributed by atoms with Gasteiger partial charge in [-0.2, -0.15) is 0 Å². The Kier molecular flexibility index (Phi) is 8.84. The minimum absolute atomic E-state index is 0. The fourth-order valence-corrected chi connectivity index (χ4v) is 2.45. The Labute approximate surface area is 152 Å². The van der Waals surface area contributed by atoms with Gasteiger partial charge in [0.15, 0.2) is 0 Å². The van der Waals surface area contributed by atoms with Crippen LogP contribution in [-0.4, -0.2) is 58.4 Å². The molecule has 0 bridgehead atoms. The van der Waals surface area contributed by atoms with Gasteiger partial charge in [-0.3, -0.25) is 9.69 Å². The molecular formula is C15H22Cl2N4O3. The van der Waals surface area contributed by atoms with Crippen LogP contribution in [0.3, 0.4) is 0 Å². The monoisotopic (exact) mass is 376 g/mol. The van der Waals surface area contributed by atoms with Gasteiger partial charge in [0.25, 0.3) is 5.91 Å². The van der Waals surface area contributed by atoms with Crippen LogP contribution in [0.4, 0.5) is 10.5 Å². The number of ether oxygens (including phenoxy) is 1. The maximum Gasteiger partial charge on any atom is 0.322 e. The first-order valence-electron chi connectivity index (χ1n) is 7.46. The number of halogens is 2. The fourth-order valence-electron chi connectivity index (χ4n) is 2.23. The topological polar surface area (TPSA) is 82.7 Å². The van der Waals surface area contributed by atoms with Crippen LogP contribution >= 0.6 is 24.0 Å². The lowest BCUT2D eigenvalue weighted by atomic mass is 10.1. The van der Waals surface area contributed by atoms with Gasteiger partial charge in [0.05, 0.1) is 17.3 Å². The van der Waals surface area contributed by atoms with Crippen molar-refractivity contribution in [3.63, 3.8) is 0 Å². The Morgan fingerprint density at radius 1 is 1.38 bits per heavy atom. The maximum atomic E-state index is 12.2. The predicted molar refractivity (Wildman–Crippen MR) is 96.5 cm³/mol. The van der Waals surface area contributed by atoms with E-state index in [4.69, 9.17) is 16.3 Å². The summed E-state index contributed by atoms with van der Waals surface area (Å²) in [6.45, 7) is 3.63. The van der Waals surface area contributed by atoms with E-state index in [2.05, 4.69) is 16.0 Å². The minimum Gasteiger partial charge on any atom is -0.383 e. The van der Waals surface area contributed by atoms with Crippen LogP contribution in [0.1, 0.15) is 10.4 Å². The maximum absolute atomic E-state index is 12.2. The normalized spacial score (nSPS) is 13.4. The minimum atomic E-state index is -0.202. The van der Waals surface area contributed by atoms with Crippen LogP contribution in [0, 0.1) is 0 Å². The van der Waals surface area contributed by atoms with Gasteiger partial charge >= 0.3 is 6.03 Å². The largest absolute Gasteiger partial charge is 0.383 e. The summed E-state index contributed by atoms with van der Waals surface area (Å²) in [5.74, 6) is -0.198. The molecule has 0 aliphatic carbocycles. The van der Waals surface area contributed by atoms with Gasteiger partial charge < -0.3 is 20.7 Å². The number of carbonyl (C=O) groups excluding carboxylic acids is 2. The van der Waals surface area contributed by atoms with E-state index in [1.54, 1.807) is 25.3 Å². The number of hydrogen-bond donors (Lipinski definition) is 3. The van der Waals surface area contributed by atoms with Gasteiger partial charge in [0.2, 0.25) is 0 Å². The van der Waals surface area contributed by atoms with Crippen molar-refractivity contribution in [3.8, 4) is 0 Å². The summed E-state index contributed by atoms with van der Waals surface area (Å²) < 4.78 is 4.92. The van der Waals surface area contributed by atoms with Gasteiger partial charge in [0.1, 0.15) is 0 Å². The van der Waals surface area contributed by atoms with E-state index in [0.29, 0.717) is 49.1 Å². The molecule has 3 amide bonds. The van der Waals surface area contributed by atoms with Crippen LogP contribution in [0.15, 0.2) is 18.2 Å². The molecule has 1 aliphatic rings. The molecule has 9 heteroatoms. The number of methoxy groups -OCH3 is 1. The highest BCUT2D eigenvalue weighted by Crippen LogP contribution is 2.28. The first kappa shape index (κ1) is 20.5. The van der Waals surface area contributed by atoms with E-state index in [1.165, 1.54) is 4.90 Å². The second kappa shape index (κ2) is 10.4. The summed E-state index contributed by atoms with van der Waals surface area (Å²) >= 11 is 6.15. The van der Waals surface area contributed by atoms with E-state index >= 15 is 0 Å².